The second-order valence-electron chi connectivity index (χ2n) is 8.11. The zero-order valence-electron chi connectivity index (χ0n) is 17.3. The number of hydrogen-bond acceptors (Lipinski definition) is 8. The number of aliphatic hydroxyl groups excluding tert-OH is 5. The molecule has 2 saturated heterocycles. The fraction of sp³-hybridized carbons (Fsp3) is 0.478. The Hall–Kier alpha value is -1.75. The van der Waals surface area contributed by atoms with E-state index in [0.29, 0.717) is 40.7 Å². The van der Waals surface area contributed by atoms with Crippen molar-refractivity contribution >= 4 is 11.6 Å². The van der Waals surface area contributed by atoms with Crippen LogP contribution < -0.4 is 4.74 Å². The lowest BCUT2D eigenvalue weighted by Crippen LogP contribution is -2.55. The maximum Gasteiger partial charge on any atom is 0.124 e. The molecule has 8 nitrogen and oxygen atoms in total. The van der Waals surface area contributed by atoms with Crippen molar-refractivity contribution in [3.05, 3.63) is 64.2 Å². The fourth-order valence-corrected chi connectivity index (χ4v) is 4.25. The molecule has 0 aromatic heterocycles. The topological polar surface area (TPSA) is 129 Å². The summed E-state index contributed by atoms with van der Waals surface area (Å²) in [6.45, 7) is 0.724. The van der Waals surface area contributed by atoms with E-state index in [4.69, 9.17) is 25.8 Å². The third kappa shape index (κ3) is 4.78. The summed E-state index contributed by atoms with van der Waals surface area (Å²) in [5.41, 5.74) is 1.42. The first-order valence-corrected chi connectivity index (χ1v) is 10.9. The SMILES string of the molecule is OC[C@@H]1O[C@@H](c2ccc(Cl)c(C(O)c3ccc(OC4CCOC4)cc3)c2)[C@H](O)[C@@H](O)[C@@H]1O. The highest BCUT2D eigenvalue weighted by atomic mass is 35.5. The summed E-state index contributed by atoms with van der Waals surface area (Å²) >= 11 is 6.34. The van der Waals surface area contributed by atoms with Gasteiger partial charge in [-0.15, -0.1) is 0 Å². The zero-order valence-corrected chi connectivity index (χ0v) is 18.0. The van der Waals surface area contributed by atoms with E-state index in [1.165, 1.54) is 0 Å². The van der Waals surface area contributed by atoms with Crippen LogP contribution in [0.4, 0.5) is 0 Å². The molecule has 9 heteroatoms. The second kappa shape index (κ2) is 10.0. The van der Waals surface area contributed by atoms with Crippen molar-refractivity contribution in [3.63, 3.8) is 0 Å². The molecule has 2 heterocycles. The van der Waals surface area contributed by atoms with Crippen molar-refractivity contribution in [2.24, 2.45) is 0 Å². The lowest BCUT2D eigenvalue weighted by atomic mass is 9.89. The quantitative estimate of drug-likeness (QED) is 0.428. The minimum atomic E-state index is -1.49. The normalized spacial score (nSPS) is 31.4. The van der Waals surface area contributed by atoms with E-state index in [0.717, 1.165) is 6.42 Å². The van der Waals surface area contributed by atoms with Crippen LogP contribution in [-0.4, -0.2) is 75.9 Å². The molecule has 2 aromatic carbocycles. The minimum Gasteiger partial charge on any atom is -0.488 e. The van der Waals surface area contributed by atoms with Gasteiger partial charge >= 0.3 is 0 Å². The van der Waals surface area contributed by atoms with Gasteiger partial charge in [0.05, 0.1) is 19.8 Å². The van der Waals surface area contributed by atoms with E-state index >= 15 is 0 Å². The third-order valence-electron chi connectivity index (χ3n) is 5.92. The molecule has 0 bridgehead atoms. The first kappa shape index (κ1) is 23.4. The highest BCUT2D eigenvalue weighted by Crippen LogP contribution is 2.36. The molecule has 2 fully saturated rings. The number of ether oxygens (including phenoxy) is 3. The molecule has 174 valence electrons. The van der Waals surface area contributed by atoms with Crippen molar-refractivity contribution in [2.45, 2.75) is 49.1 Å². The van der Waals surface area contributed by atoms with Crippen molar-refractivity contribution < 1.29 is 39.7 Å². The number of benzene rings is 2. The molecule has 2 aliphatic heterocycles. The first-order chi connectivity index (χ1) is 15.4. The molecule has 0 spiro atoms. The van der Waals surface area contributed by atoms with E-state index in [2.05, 4.69) is 0 Å². The molecule has 0 radical (unpaired) electrons. The largest absolute Gasteiger partial charge is 0.488 e. The van der Waals surface area contributed by atoms with E-state index in [9.17, 15) is 25.5 Å². The summed E-state index contributed by atoms with van der Waals surface area (Å²) in [4.78, 5) is 0. The Bertz CT molecular complexity index is 899. The molecule has 2 unspecified atom stereocenters. The molecule has 0 amide bonds. The van der Waals surface area contributed by atoms with Crippen LogP contribution in [0.1, 0.15) is 35.3 Å². The standard InChI is InChI=1S/C23H27ClO8/c24-17-6-3-13(23-22(29)21(28)20(27)18(10-25)32-23)9-16(17)19(26)12-1-4-14(5-2-12)31-15-7-8-30-11-15/h1-6,9,15,18-23,25-29H,7-8,10-11H2/t15?,18-,19?,20+,21-,22+,23-/m0/s1. The van der Waals surface area contributed by atoms with E-state index < -0.39 is 43.2 Å². The molecule has 5 N–H and O–H groups in total. The summed E-state index contributed by atoms with van der Waals surface area (Å²) in [7, 11) is 0. The third-order valence-corrected chi connectivity index (χ3v) is 6.27. The highest BCUT2D eigenvalue weighted by molar-refractivity contribution is 6.31. The van der Waals surface area contributed by atoms with Gasteiger partial charge < -0.3 is 39.7 Å². The number of aliphatic hydroxyl groups is 5. The molecule has 7 atom stereocenters. The van der Waals surface area contributed by atoms with Crippen LogP contribution in [0.5, 0.6) is 5.75 Å². The van der Waals surface area contributed by atoms with Crippen molar-refractivity contribution in [1.29, 1.82) is 0 Å². The molecule has 0 saturated carbocycles. The predicted molar refractivity (Wildman–Crippen MR) is 115 cm³/mol. The highest BCUT2D eigenvalue weighted by Gasteiger charge is 2.44. The molecule has 2 aliphatic rings. The Morgan fingerprint density at radius 3 is 2.44 bits per heavy atom. The van der Waals surface area contributed by atoms with Crippen LogP contribution in [0.15, 0.2) is 42.5 Å². The maximum atomic E-state index is 11.0. The van der Waals surface area contributed by atoms with Crippen molar-refractivity contribution in [2.75, 3.05) is 19.8 Å². The Kier molecular flexibility index (Phi) is 7.34. The number of hydrogen-bond donors (Lipinski definition) is 5. The Balaban J connectivity index is 1.54. The molecule has 4 rings (SSSR count). The second-order valence-corrected chi connectivity index (χ2v) is 8.51. The van der Waals surface area contributed by atoms with Gasteiger partial charge in [-0.2, -0.15) is 0 Å². The summed E-state index contributed by atoms with van der Waals surface area (Å²) < 4.78 is 16.8. The zero-order chi connectivity index (χ0) is 22.8. The van der Waals surface area contributed by atoms with Crippen LogP contribution in [0.25, 0.3) is 0 Å². The van der Waals surface area contributed by atoms with Gasteiger partial charge in [-0.1, -0.05) is 29.8 Å². The predicted octanol–water partition coefficient (Wildman–Crippen LogP) is 1.10. The molecular weight excluding hydrogens is 440 g/mol. The van der Waals surface area contributed by atoms with Gasteiger partial charge in [0, 0.05) is 17.0 Å². The Morgan fingerprint density at radius 2 is 1.78 bits per heavy atom. The average Bonchev–Trinajstić information content (AvgIpc) is 3.31. The van der Waals surface area contributed by atoms with Crippen LogP contribution >= 0.6 is 11.6 Å². The monoisotopic (exact) mass is 466 g/mol. The van der Waals surface area contributed by atoms with Gasteiger partial charge in [0.15, 0.2) is 0 Å². The lowest BCUT2D eigenvalue weighted by Gasteiger charge is -2.40. The average molecular weight is 467 g/mol. The Morgan fingerprint density at radius 1 is 1.03 bits per heavy atom. The number of rotatable bonds is 6. The lowest BCUT2D eigenvalue weighted by molar-refractivity contribution is -0.231. The maximum absolute atomic E-state index is 11.0. The van der Waals surface area contributed by atoms with Crippen molar-refractivity contribution in [3.8, 4) is 5.75 Å². The van der Waals surface area contributed by atoms with E-state index in [1.807, 2.05) is 0 Å². The number of halogens is 1. The van der Waals surface area contributed by atoms with Crippen LogP contribution in [-0.2, 0) is 9.47 Å². The Labute approximate surface area is 190 Å². The molecule has 2 aromatic rings. The van der Waals surface area contributed by atoms with Gasteiger partial charge in [-0.05, 0) is 35.4 Å². The van der Waals surface area contributed by atoms with Gasteiger partial charge in [-0.25, -0.2) is 0 Å². The summed E-state index contributed by atoms with van der Waals surface area (Å²) in [5, 5.41) is 51.2. The molecular formula is C23H27ClO8. The van der Waals surface area contributed by atoms with Crippen LogP contribution in [0.2, 0.25) is 5.02 Å². The van der Waals surface area contributed by atoms with Crippen LogP contribution in [0, 0.1) is 0 Å². The van der Waals surface area contributed by atoms with E-state index in [1.54, 1.807) is 42.5 Å². The van der Waals surface area contributed by atoms with Crippen LogP contribution in [0.3, 0.4) is 0 Å². The van der Waals surface area contributed by atoms with Crippen molar-refractivity contribution in [1.82, 2.24) is 0 Å². The minimum absolute atomic E-state index is 0.0236. The first-order valence-electron chi connectivity index (χ1n) is 10.5. The van der Waals surface area contributed by atoms with Gasteiger partial charge in [-0.3, -0.25) is 0 Å². The summed E-state index contributed by atoms with van der Waals surface area (Å²) in [6, 6.07) is 11.8. The van der Waals surface area contributed by atoms with Gasteiger partial charge in [0.1, 0.15) is 48.5 Å². The summed E-state index contributed by atoms with van der Waals surface area (Å²) in [5.74, 6) is 0.678. The summed E-state index contributed by atoms with van der Waals surface area (Å²) in [6.07, 6.45) is -6.60. The molecule has 32 heavy (non-hydrogen) atoms. The van der Waals surface area contributed by atoms with Gasteiger partial charge in [0.2, 0.25) is 0 Å². The van der Waals surface area contributed by atoms with E-state index in [-0.39, 0.29) is 6.10 Å². The fourth-order valence-electron chi connectivity index (χ4n) is 4.03. The molecule has 0 aliphatic carbocycles. The smallest absolute Gasteiger partial charge is 0.124 e. The van der Waals surface area contributed by atoms with Gasteiger partial charge in [0.25, 0.3) is 0 Å².